The highest BCUT2D eigenvalue weighted by molar-refractivity contribution is 5.88. The fraction of sp³-hybridized carbons (Fsp3) is 0.143. The van der Waals surface area contributed by atoms with Crippen molar-refractivity contribution in [1.29, 1.82) is 0 Å². The molecule has 0 amide bonds. The number of nitrogens with zero attached hydrogens (tertiary/aromatic N) is 6. The van der Waals surface area contributed by atoms with Crippen LogP contribution in [0.4, 0.5) is 5.82 Å². The summed E-state index contributed by atoms with van der Waals surface area (Å²) in [6, 6.07) is 11.6. The standard InChI is InChI=1S/C21H19N7O/c1-12-18-20(22)24-11-25-21(18)28(26-12)13(2)16-10-15-5-3-4-8-27(15)19(16)14-6-7-23-17(29)9-14/h3-11,13H,1-2H3,(H,23,29)(H2,22,24,25). The van der Waals surface area contributed by atoms with Crippen molar-refractivity contribution in [3.05, 3.63) is 66.4 Å². The van der Waals surface area contributed by atoms with Crippen LogP contribution in [-0.2, 0) is 0 Å². The van der Waals surface area contributed by atoms with Gasteiger partial charge in [0.15, 0.2) is 5.65 Å². The van der Waals surface area contributed by atoms with Crippen LogP contribution in [0.5, 0.6) is 5.88 Å². The van der Waals surface area contributed by atoms with Gasteiger partial charge in [-0.25, -0.2) is 19.6 Å². The molecule has 0 aromatic carbocycles. The molecule has 5 rings (SSSR count). The Morgan fingerprint density at radius 2 is 1.97 bits per heavy atom. The molecular weight excluding hydrogens is 366 g/mol. The molecule has 5 aromatic heterocycles. The average Bonchev–Trinajstić information content (AvgIpc) is 3.26. The molecule has 0 saturated carbocycles. The topological polar surface area (TPSA) is 107 Å². The van der Waals surface area contributed by atoms with E-state index in [1.807, 2.05) is 42.1 Å². The van der Waals surface area contributed by atoms with Gasteiger partial charge in [0.2, 0.25) is 5.88 Å². The first kappa shape index (κ1) is 17.2. The largest absolute Gasteiger partial charge is 0.493 e. The lowest BCUT2D eigenvalue weighted by molar-refractivity contribution is 0.454. The van der Waals surface area contributed by atoms with Crippen molar-refractivity contribution in [2.45, 2.75) is 19.9 Å². The summed E-state index contributed by atoms with van der Waals surface area (Å²) in [4.78, 5) is 12.4. The van der Waals surface area contributed by atoms with E-state index >= 15 is 0 Å². The molecule has 5 heterocycles. The van der Waals surface area contributed by atoms with Crippen LogP contribution in [0, 0.1) is 6.92 Å². The molecular formula is C21H19N7O. The Kier molecular flexibility index (Phi) is 3.73. The predicted octanol–water partition coefficient (Wildman–Crippen LogP) is 3.35. The molecule has 0 aliphatic rings. The summed E-state index contributed by atoms with van der Waals surface area (Å²) in [5.74, 6) is 0.403. The third-order valence-electron chi connectivity index (χ3n) is 5.24. The maximum absolute atomic E-state index is 9.94. The number of nitrogens with two attached hydrogens (primary N) is 1. The van der Waals surface area contributed by atoms with Crippen molar-refractivity contribution in [2.75, 3.05) is 5.73 Å². The lowest BCUT2D eigenvalue weighted by atomic mass is 10.0. The van der Waals surface area contributed by atoms with Gasteiger partial charge in [0.25, 0.3) is 0 Å². The minimum atomic E-state index is -0.134. The van der Waals surface area contributed by atoms with Crippen LogP contribution in [0.15, 0.2) is 55.1 Å². The number of aromatic hydroxyl groups is 1. The predicted molar refractivity (Wildman–Crippen MR) is 111 cm³/mol. The molecule has 0 spiro atoms. The highest BCUT2D eigenvalue weighted by Crippen LogP contribution is 2.35. The molecule has 0 bridgehead atoms. The van der Waals surface area contributed by atoms with Crippen LogP contribution >= 0.6 is 0 Å². The molecule has 0 aliphatic carbocycles. The number of anilines is 1. The summed E-state index contributed by atoms with van der Waals surface area (Å²) in [7, 11) is 0. The number of aromatic nitrogens is 6. The number of aryl methyl sites for hydroxylation is 1. The smallest absolute Gasteiger partial charge is 0.211 e. The Hall–Kier alpha value is -3.94. The van der Waals surface area contributed by atoms with Crippen molar-refractivity contribution in [1.82, 2.24) is 29.1 Å². The number of hydrogen-bond donors (Lipinski definition) is 2. The Morgan fingerprint density at radius 1 is 1.10 bits per heavy atom. The van der Waals surface area contributed by atoms with Crippen molar-refractivity contribution in [2.24, 2.45) is 0 Å². The van der Waals surface area contributed by atoms with Crippen molar-refractivity contribution >= 4 is 22.4 Å². The Morgan fingerprint density at radius 3 is 2.79 bits per heavy atom. The highest BCUT2D eigenvalue weighted by Gasteiger charge is 2.23. The van der Waals surface area contributed by atoms with E-state index in [1.54, 1.807) is 12.3 Å². The highest BCUT2D eigenvalue weighted by atomic mass is 16.3. The first-order chi connectivity index (χ1) is 14.0. The molecule has 29 heavy (non-hydrogen) atoms. The van der Waals surface area contributed by atoms with Gasteiger partial charge in [-0.1, -0.05) is 6.07 Å². The molecule has 3 N–H and O–H groups in total. The molecule has 144 valence electrons. The third kappa shape index (κ3) is 2.60. The molecule has 1 unspecified atom stereocenters. The zero-order chi connectivity index (χ0) is 20.1. The fourth-order valence-corrected chi connectivity index (χ4v) is 3.91. The van der Waals surface area contributed by atoms with E-state index in [1.165, 1.54) is 6.33 Å². The minimum absolute atomic E-state index is 0.0205. The summed E-state index contributed by atoms with van der Waals surface area (Å²) < 4.78 is 3.98. The first-order valence-corrected chi connectivity index (χ1v) is 9.25. The van der Waals surface area contributed by atoms with E-state index in [0.29, 0.717) is 11.5 Å². The summed E-state index contributed by atoms with van der Waals surface area (Å²) in [6.07, 6.45) is 5.06. The van der Waals surface area contributed by atoms with Gasteiger partial charge in [0.05, 0.1) is 22.8 Å². The monoisotopic (exact) mass is 385 g/mol. The molecule has 0 aliphatic heterocycles. The van der Waals surface area contributed by atoms with Crippen LogP contribution in [0.3, 0.4) is 0 Å². The van der Waals surface area contributed by atoms with Gasteiger partial charge in [-0.05, 0) is 38.1 Å². The Balaban J connectivity index is 1.78. The SMILES string of the molecule is Cc1nn(C(C)c2cc3ccccn3c2-c2ccnc(O)c2)c2ncnc(N)c12. The van der Waals surface area contributed by atoms with Crippen molar-refractivity contribution < 1.29 is 5.11 Å². The first-order valence-electron chi connectivity index (χ1n) is 9.25. The molecule has 8 nitrogen and oxygen atoms in total. The minimum Gasteiger partial charge on any atom is -0.493 e. The second kappa shape index (κ2) is 6.30. The molecule has 0 radical (unpaired) electrons. The Bertz CT molecular complexity index is 1370. The number of pyridine rings is 2. The van der Waals surface area contributed by atoms with Crippen molar-refractivity contribution in [3.8, 4) is 17.1 Å². The van der Waals surface area contributed by atoms with Gasteiger partial charge in [-0.15, -0.1) is 0 Å². The average molecular weight is 385 g/mol. The van der Waals surface area contributed by atoms with Gasteiger partial charge in [-0.2, -0.15) is 5.10 Å². The van der Waals surface area contributed by atoms with E-state index < -0.39 is 0 Å². The van der Waals surface area contributed by atoms with E-state index in [9.17, 15) is 5.11 Å². The number of hydrogen-bond acceptors (Lipinski definition) is 6. The van der Waals surface area contributed by atoms with Gasteiger partial charge in [0, 0.05) is 35.1 Å². The van der Waals surface area contributed by atoms with Gasteiger partial charge in [-0.3, -0.25) is 0 Å². The maximum Gasteiger partial charge on any atom is 0.211 e. The molecule has 0 saturated heterocycles. The van der Waals surface area contributed by atoms with Crippen LogP contribution in [0.2, 0.25) is 0 Å². The molecule has 1 atom stereocenters. The van der Waals surface area contributed by atoms with Crippen LogP contribution in [-0.4, -0.2) is 34.2 Å². The summed E-state index contributed by atoms with van der Waals surface area (Å²) in [6.45, 7) is 3.98. The van der Waals surface area contributed by atoms with E-state index in [-0.39, 0.29) is 11.9 Å². The van der Waals surface area contributed by atoms with Crippen LogP contribution in [0.25, 0.3) is 27.8 Å². The van der Waals surface area contributed by atoms with E-state index in [4.69, 9.17) is 10.8 Å². The number of rotatable bonds is 3. The van der Waals surface area contributed by atoms with Crippen LogP contribution in [0.1, 0.15) is 24.2 Å². The lowest BCUT2D eigenvalue weighted by Crippen LogP contribution is -2.10. The van der Waals surface area contributed by atoms with Gasteiger partial charge < -0.3 is 15.2 Å². The van der Waals surface area contributed by atoms with Crippen molar-refractivity contribution in [3.63, 3.8) is 0 Å². The summed E-state index contributed by atoms with van der Waals surface area (Å²) in [5.41, 5.74) is 11.5. The van der Waals surface area contributed by atoms with Gasteiger partial charge in [0.1, 0.15) is 12.1 Å². The zero-order valence-corrected chi connectivity index (χ0v) is 16.0. The van der Waals surface area contributed by atoms with Gasteiger partial charge >= 0.3 is 0 Å². The molecule has 5 aromatic rings. The number of nitrogen functional groups attached to an aromatic ring is 1. The summed E-state index contributed by atoms with van der Waals surface area (Å²) >= 11 is 0. The third-order valence-corrected chi connectivity index (χ3v) is 5.24. The maximum atomic E-state index is 9.94. The normalized spacial score (nSPS) is 12.6. The quantitative estimate of drug-likeness (QED) is 0.493. The fourth-order valence-electron chi connectivity index (χ4n) is 3.91. The van der Waals surface area contributed by atoms with E-state index in [0.717, 1.165) is 33.4 Å². The molecule has 8 heteroatoms. The van der Waals surface area contributed by atoms with Crippen LogP contribution < -0.4 is 5.73 Å². The van der Waals surface area contributed by atoms with E-state index in [2.05, 4.69) is 32.3 Å². The Labute approximate surface area is 166 Å². The second-order valence-electron chi connectivity index (χ2n) is 7.01. The lowest BCUT2D eigenvalue weighted by Gasteiger charge is -2.15. The number of fused-ring (bicyclic) bond motifs is 2. The second-order valence-corrected chi connectivity index (χ2v) is 7.01. The summed E-state index contributed by atoms with van der Waals surface area (Å²) in [5, 5.41) is 15.4. The zero-order valence-electron chi connectivity index (χ0n) is 16.0. The molecule has 0 fully saturated rings.